The van der Waals surface area contributed by atoms with Crippen molar-refractivity contribution in [2.45, 2.75) is 51.0 Å². The van der Waals surface area contributed by atoms with E-state index >= 15 is 0 Å². The van der Waals surface area contributed by atoms with Gasteiger partial charge in [0.05, 0.1) is 23.3 Å². The molecule has 0 spiro atoms. The maximum Gasteiger partial charge on any atom is 0.192 e. The summed E-state index contributed by atoms with van der Waals surface area (Å²) in [5.41, 5.74) is 2.82. The van der Waals surface area contributed by atoms with Crippen LogP contribution in [0.5, 0.6) is 0 Å². The summed E-state index contributed by atoms with van der Waals surface area (Å²) < 4.78 is 10.1. The monoisotopic (exact) mass is 442 g/mol. The van der Waals surface area contributed by atoms with Crippen LogP contribution in [0.2, 0.25) is 0 Å². The predicted octanol–water partition coefficient (Wildman–Crippen LogP) is 4.76. The Morgan fingerprint density at radius 1 is 1.40 bits per heavy atom. The Morgan fingerprint density at radius 3 is 2.97 bits per heavy atom. The van der Waals surface area contributed by atoms with Gasteiger partial charge in [-0.15, -0.1) is 28.1 Å². The molecule has 4 heterocycles. The van der Waals surface area contributed by atoms with Crippen molar-refractivity contribution in [2.24, 2.45) is 0 Å². The molecule has 0 aromatic carbocycles. The maximum atomic E-state index is 13.0. The highest BCUT2D eigenvalue weighted by Crippen LogP contribution is 2.29. The summed E-state index contributed by atoms with van der Waals surface area (Å²) in [7, 11) is 0. The van der Waals surface area contributed by atoms with Crippen LogP contribution < -0.4 is 0 Å². The first kappa shape index (κ1) is 21.1. The number of hydrogen-bond donors (Lipinski definition) is 0. The van der Waals surface area contributed by atoms with Crippen molar-refractivity contribution in [2.75, 3.05) is 12.4 Å². The topological polar surface area (TPSA) is 61.9 Å². The van der Waals surface area contributed by atoms with Crippen molar-refractivity contribution in [3.05, 3.63) is 53.2 Å². The third kappa shape index (κ3) is 4.31. The largest absolute Gasteiger partial charge is 0.376 e. The van der Waals surface area contributed by atoms with E-state index in [4.69, 9.17) is 4.74 Å². The molecule has 1 atom stereocenters. The Balaban J connectivity index is 1.53. The van der Waals surface area contributed by atoms with Crippen LogP contribution in [0, 0.1) is 13.8 Å². The van der Waals surface area contributed by atoms with Gasteiger partial charge in [-0.05, 0) is 44.2 Å². The lowest BCUT2D eigenvalue weighted by molar-refractivity contribution is 0.0953. The number of carbonyl (C=O) groups is 1. The summed E-state index contributed by atoms with van der Waals surface area (Å²) in [6.45, 7) is 10.0. The summed E-state index contributed by atoms with van der Waals surface area (Å²) in [5, 5.41) is 11.6. The minimum atomic E-state index is 0.104. The third-order valence-electron chi connectivity index (χ3n) is 5.39. The van der Waals surface area contributed by atoms with E-state index < -0.39 is 0 Å². The number of Topliss-reactive ketones (excluding diaryl/α,β-unsaturated/α-hetero) is 1. The van der Waals surface area contributed by atoms with Gasteiger partial charge in [0.15, 0.2) is 16.8 Å². The molecule has 1 aliphatic heterocycles. The first-order chi connectivity index (χ1) is 14.6. The number of hydrogen-bond acceptors (Lipinski definition) is 6. The summed E-state index contributed by atoms with van der Waals surface area (Å²) in [5.74, 6) is 1.28. The van der Waals surface area contributed by atoms with Crippen LogP contribution in [-0.4, -0.2) is 43.6 Å². The highest BCUT2D eigenvalue weighted by molar-refractivity contribution is 7.99. The molecule has 1 fully saturated rings. The molecule has 6 nitrogen and oxygen atoms in total. The summed E-state index contributed by atoms with van der Waals surface area (Å²) >= 11 is 3.09. The fraction of sp³-hybridized carbons (Fsp3) is 0.409. The molecule has 30 heavy (non-hydrogen) atoms. The van der Waals surface area contributed by atoms with Crippen LogP contribution in [-0.2, 0) is 17.8 Å². The van der Waals surface area contributed by atoms with E-state index in [-0.39, 0.29) is 11.9 Å². The van der Waals surface area contributed by atoms with Gasteiger partial charge in [-0.1, -0.05) is 23.9 Å². The maximum absolute atomic E-state index is 13.0. The number of ketones is 1. The Labute approximate surface area is 185 Å². The van der Waals surface area contributed by atoms with Gasteiger partial charge in [-0.25, -0.2) is 0 Å². The molecule has 8 heteroatoms. The summed E-state index contributed by atoms with van der Waals surface area (Å²) in [6.07, 6.45) is 4.15. The van der Waals surface area contributed by atoms with E-state index in [0.717, 1.165) is 52.3 Å². The van der Waals surface area contributed by atoms with Gasteiger partial charge < -0.3 is 9.30 Å². The smallest absolute Gasteiger partial charge is 0.192 e. The molecule has 4 rings (SSSR count). The molecule has 0 saturated carbocycles. The highest BCUT2D eigenvalue weighted by Gasteiger charge is 2.23. The first-order valence-corrected chi connectivity index (χ1v) is 12.0. The third-order valence-corrected chi connectivity index (χ3v) is 7.22. The second-order valence-corrected chi connectivity index (χ2v) is 9.32. The van der Waals surface area contributed by atoms with Gasteiger partial charge in [0.2, 0.25) is 0 Å². The lowest BCUT2D eigenvalue weighted by atomic mass is 10.2. The molecule has 158 valence electrons. The van der Waals surface area contributed by atoms with Crippen molar-refractivity contribution >= 4 is 28.9 Å². The van der Waals surface area contributed by atoms with E-state index in [2.05, 4.69) is 32.0 Å². The van der Waals surface area contributed by atoms with Crippen LogP contribution in [0.25, 0.3) is 10.7 Å². The van der Waals surface area contributed by atoms with Crippen molar-refractivity contribution in [3.8, 4) is 10.7 Å². The normalized spacial score (nSPS) is 16.3. The molecule has 0 aliphatic carbocycles. The van der Waals surface area contributed by atoms with Crippen molar-refractivity contribution in [3.63, 3.8) is 0 Å². The van der Waals surface area contributed by atoms with Crippen LogP contribution in [0.3, 0.4) is 0 Å². The fourth-order valence-corrected chi connectivity index (χ4v) is 5.39. The SMILES string of the molecule is C=CCn1c(C)cc(C(=O)CSc2nnc(-c3cccs3)n2CC2CCCO2)c1C. The van der Waals surface area contributed by atoms with Gasteiger partial charge in [0.25, 0.3) is 0 Å². The zero-order valence-corrected chi connectivity index (χ0v) is 19.0. The second-order valence-electron chi connectivity index (χ2n) is 7.43. The lowest BCUT2D eigenvalue weighted by Gasteiger charge is -2.14. The molecule has 0 amide bonds. The minimum Gasteiger partial charge on any atom is -0.376 e. The average molecular weight is 443 g/mol. The van der Waals surface area contributed by atoms with E-state index in [1.807, 2.05) is 37.4 Å². The van der Waals surface area contributed by atoms with Crippen molar-refractivity contribution in [1.29, 1.82) is 0 Å². The molecule has 0 radical (unpaired) electrons. The number of thiophene rings is 1. The van der Waals surface area contributed by atoms with Gasteiger partial charge in [0.1, 0.15) is 0 Å². The Bertz CT molecular complexity index is 1030. The molecular formula is C22H26N4O2S2. The number of rotatable bonds is 9. The number of aryl methyl sites for hydroxylation is 1. The van der Waals surface area contributed by atoms with Crippen LogP contribution >= 0.6 is 23.1 Å². The minimum absolute atomic E-state index is 0.104. The summed E-state index contributed by atoms with van der Waals surface area (Å²) in [4.78, 5) is 14.0. The fourth-order valence-electron chi connectivity index (χ4n) is 3.84. The van der Waals surface area contributed by atoms with E-state index in [1.165, 1.54) is 11.8 Å². The van der Waals surface area contributed by atoms with E-state index in [1.54, 1.807) is 11.3 Å². The Morgan fingerprint density at radius 2 is 2.27 bits per heavy atom. The van der Waals surface area contributed by atoms with Crippen molar-refractivity contribution in [1.82, 2.24) is 19.3 Å². The van der Waals surface area contributed by atoms with E-state index in [0.29, 0.717) is 18.8 Å². The molecule has 1 aliphatic rings. The zero-order chi connectivity index (χ0) is 21.1. The quantitative estimate of drug-likeness (QED) is 0.271. The second kappa shape index (κ2) is 9.32. The number of thioether (sulfide) groups is 1. The zero-order valence-electron chi connectivity index (χ0n) is 17.3. The van der Waals surface area contributed by atoms with Crippen LogP contribution in [0.15, 0.2) is 41.4 Å². The van der Waals surface area contributed by atoms with Gasteiger partial charge in [-0.3, -0.25) is 9.36 Å². The average Bonchev–Trinajstić information content (AvgIpc) is 3.52. The van der Waals surface area contributed by atoms with Crippen LogP contribution in [0.1, 0.15) is 34.6 Å². The molecular weight excluding hydrogens is 416 g/mol. The van der Waals surface area contributed by atoms with Gasteiger partial charge >= 0.3 is 0 Å². The highest BCUT2D eigenvalue weighted by atomic mass is 32.2. The van der Waals surface area contributed by atoms with Gasteiger partial charge in [-0.2, -0.15) is 0 Å². The number of allylic oxidation sites excluding steroid dienone is 1. The summed E-state index contributed by atoms with van der Waals surface area (Å²) in [6, 6.07) is 6.03. The number of nitrogens with zero attached hydrogens (tertiary/aromatic N) is 4. The molecule has 0 bridgehead atoms. The molecule has 3 aromatic rings. The number of ether oxygens (including phenoxy) is 1. The Kier molecular flexibility index (Phi) is 6.55. The van der Waals surface area contributed by atoms with Gasteiger partial charge in [0, 0.05) is 30.1 Å². The van der Waals surface area contributed by atoms with E-state index in [9.17, 15) is 4.79 Å². The lowest BCUT2D eigenvalue weighted by Crippen LogP contribution is -2.17. The standard InChI is InChI=1S/C22H26N4O2S2/c1-4-9-25-15(2)12-18(16(25)3)19(27)14-30-22-24-23-21(20-8-6-11-29-20)26(22)13-17-7-5-10-28-17/h4,6,8,11-12,17H,1,5,7,9-10,13-14H2,2-3H3. The molecule has 1 saturated heterocycles. The Hall–Kier alpha value is -2.16. The predicted molar refractivity (Wildman–Crippen MR) is 121 cm³/mol. The van der Waals surface area contributed by atoms with Crippen LogP contribution in [0.4, 0.5) is 0 Å². The first-order valence-electron chi connectivity index (χ1n) is 10.1. The number of aromatic nitrogens is 4. The molecule has 1 unspecified atom stereocenters. The molecule has 3 aromatic heterocycles. The van der Waals surface area contributed by atoms with Crippen molar-refractivity contribution < 1.29 is 9.53 Å². The molecule has 0 N–H and O–H groups in total. The number of carbonyl (C=O) groups excluding carboxylic acids is 1.